The van der Waals surface area contributed by atoms with Crippen LogP contribution in [-0.2, 0) is 4.74 Å². The molecule has 0 aliphatic rings. The van der Waals surface area contributed by atoms with E-state index in [1.807, 2.05) is 0 Å². The van der Waals surface area contributed by atoms with Gasteiger partial charge in [-0.05, 0) is 12.8 Å². The molecule has 4 nitrogen and oxygen atoms in total. The lowest BCUT2D eigenvalue weighted by Gasteiger charge is -2.16. The summed E-state index contributed by atoms with van der Waals surface area (Å²) in [5.74, 6) is 0.508. The van der Waals surface area contributed by atoms with Gasteiger partial charge in [-0.25, -0.2) is 0 Å². The summed E-state index contributed by atoms with van der Waals surface area (Å²) in [6, 6.07) is 0.234. The zero-order valence-electron chi connectivity index (χ0n) is 9.60. The van der Waals surface area contributed by atoms with Crippen LogP contribution in [0.1, 0.15) is 25.6 Å². The summed E-state index contributed by atoms with van der Waals surface area (Å²) >= 11 is 0. The maximum absolute atomic E-state index is 5.07. The summed E-state index contributed by atoms with van der Waals surface area (Å²) < 4.78 is 5.07. The van der Waals surface area contributed by atoms with Crippen molar-refractivity contribution in [1.29, 1.82) is 0 Å². The number of rotatable bonds is 6. The van der Waals surface area contributed by atoms with Crippen LogP contribution in [0.5, 0.6) is 0 Å². The van der Waals surface area contributed by atoms with Crippen LogP contribution in [-0.4, -0.2) is 30.2 Å². The van der Waals surface area contributed by atoms with E-state index in [9.17, 15) is 0 Å². The van der Waals surface area contributed by atoms with Crippen molar-refractivity contribution in [2.24, 2.45) is 5.92 Å². The van der Waals surface area contributed by atoms with Gasteiger partial charge in [0.2, 0.25) is 0 Å². The highest BCUT2D eigenvalue weighted by Crippen LogP contribution is 2.07. The fraction of sp³-hybridized carbons (Fsp3) is 0.636. The molecule has 0 spiro atoms. The molecule has 0 radical (unpaired) electrons. The van der Waals surface area contributed by atoms with Gasteiger partial charge in [-0.1, -0.05) is 6.92 Å². The molecule has 1 N–H and O–H groups in total. The monoisotopic (exact) mass is 209 g/mol. The summed E-state index contributed by atoms with van der Waals surface area (Å²) in [6.45, 7) is 5.94. The number of methoxy groups -OCH3 is 1. The zero-order valence-corrected chi connectivity index (χ0v) is 9.60. The Morgan fingerprint density at radius 3 is 2.80 bits per heavy atom. The van der Waals surface area contributed by atoms with Crippen LogP contribution in [0.15, 0.2) is 18.6 Å². The molecule has 84 valence electrons. The largest absolute Gasteiger partial charge is 0.384 e. The Balaban J connectivity index is 2.33. The average Bonchev–Trinajstić information content (AvgIpc) is 2.27. The van der Waals surface area contributed by atoms with Gasteiger partial charge in [0.1, 0.15) is 0 Å². The molecular formula is C11H19N3O. The summed E-state index contributed by atoms with van der Waals surface area (Å²) in [7, 11) is 1.72. The van der Waals surface area contributed by atoms with Crippen molar-refractivity contribution in [1.82, 2.24) is 15.3 Å². The minimum atomic E-state index is 0.234. The second kappa shape index (κ2) is 6.48. The lowest BCUT2D eigenvalue weighted by atomic mass is 10.1. The highest BCUT2D eigenvalue weighted by Gasteiger charge is 2.08. The lowest BCUT2D eigenvalue weighted by molar-refractivity contribution is 0.157. The SMILES string of the molecule is COCC(C)CNC(C)c1cnccn1. The molecule has 0 aliphatic carbocycles. The van der Waals surface area contributed by atoms with Gasteiger partial charge in [-0.3, -0.25) is 9.97 Å². The molecule has 0 bridgehead atoms. The highest BCUT2D eigenvalue weighted by molar-refractivity contribution is 5.00. The minimum Gasteiger partial charge on any atom is -0.384 e. The van der Waals surface area contributed by atoms with E-state index in [0.717, 1.165) is 18.8 Å². The van der Waals surface area contributed by atoms with Crippen molar-refractivity contribution in [2.75, 3.05) is 20.3 Å². The number of ether oxygens (including phenoxy) is 1. The Bertz CT molecular complexity index is 266. The second-order valence-electron chi connectivity index (χ2n) is 3.82. The standard InChI is InChI=1S/C11H19N3O/c1-9(8-15-3)6-14-10(2)11-7-12-4-5-13-11/h4-5,7,9-10,14H,6,8H2,1-3H3. The molecule has 2 atom stereocenters. The first-order chi connectivity index (χ1) is 7.24. The number of hydrogen-bond acceptors (Lipinski definition) is 4. The summed E-state index contributed by atoms with van der Waals surface area (Å²) in [6.07, 6.45) is 5.19. The fourth-order valence-corrected chi connectivity index (χ4v) is 1.36. The summed E-state index contributed by atoms with van der Waals surface area (Å²) in [4.78, 5) is 8.29. The summed E-state index contributed by atoms with van der Waals surface area (Å²) in [5, 5.41) is 3.40. The van der Waals surface area contributed by atoms with Crippen LogP contribution < -0.4 is 5.32 Å². The number of nitrogens with one attached hydrogen (secondary N) is 1. The van der Waals surface area contributed by atoms with Crippen LogP contribution in [0.2, 0.25) is 0 Å². The third-order valence-corrected chi connectivity index (χ3v) is 2.25. The van der Waals surface area contributed by atoms with Gasteiger partial charge >= 0.3 is 0 Å². The predicted octanol–water partition coefficient (Wildman–Crippen LogP) is 1.41. The van der Waals surface area contributed by atoms with Crippen molar-refractivity contribution in [3.8, 4) is 0 Å². The van der Waals surface area contributed by atoms with Crippen LogP contribution in [0.3, 0.4) is 0 Å². The maximum Gasteiger partial charge on any atom is 0.0753 e. The average molecular weight is 209 g/mol. The molecule has 0 saturated carbocycles. The van der Waals surface area contributed by atoms with Crippen molar-refractivity contribution < 1.29 is 4.74 Å². The third-order valence-electron chi connectivity index (χ3n) is 2.25. The van der Waals surface area contributed by atoms with Crippen molar-refractivity contribution in [3.63, 3.8) is 0 Å². The van der Waals surface area contributed by atoms with Gasteiger partial charge in [0.15, 0.2) is 0 Å². The smallest absolute Gasteiger partial charge is 0.0753 e. The summed E-state index contributed by atoms with van der Waals surface area (Å²) in [5.41, 5.74) is 0.974. The van der Waals surface area contributed by atoms with Gasteiger partial charge in [0.05, 0.1) is 5.69 Å². The molecule has 4 heteroatoms. The predicted molar refractivity (Wildman–Crippen MR) is 59.5 cm³/mol. The van der Waals surface area contributed by atoms with E-state index >= 15 is 0 Å². The van der Waals surface area contributed by atoms with E-state index in [-0.39, 0.29) is 6.04 Å². The Kier molecular flexibility index (Phi) is 5.21. The first kappa shape index (κ1) is 12.1. The first-order valence-corrected chi connectivity index (χ1v) is 5.22. The number of hydrogen-bond donors (Lipinski definition) is 1. The van der Waals surface area contributed by atoms with E-state index in [1.54, 1.807) is 25.7 Å². The zero-order chi connectivity index (χ0) is 11.1. The number of nitrogens with zero attached hydrogens (tertiary/aromatic N) is 2. The molecule has 2 unspecified atom stereocenters. The quantitative estimate of drug-likeness (QED) is 0.769. The Morgan fingerprint density at radius 2 is 2.20 bits per heavy atom. The number of aromatic nitrogens is 2. The molecule has 1 rings (SSSR count). The maximum atomic E-state index is 5.07. The van der Waals surface area contributed by atoms with Crippen molar-refractivity contribution in [2.45, 2.75) is 19.9 Å². The Labute approximate surface area is 91.1 Å². The van der Waals surface area contributed by atoms with E-state index in [1.165, 1.54) is 0 Å². The molecular weight excluding hydrogens is 190 g/mol. The van der Waals surface area contributed by atoms with E-state index < -0.39 is 0 Å². The molecule has 1 heterocycles. The molecule has 15 heavy (non-hydrogen) atoms. The van der Waals surface area contributed by atoms with Crippen LogP contribution in [0, 0.1) is 5.92 Å². The highest BCUT2D eigenvalue weighted by atomic mass is 16.5. The normalized spacial score (nSPS) is 14.9. The molecule has 1 aromatic rings. The first-order valence-electron chi connectivity index (χ1n) is 5.22. The minimum absolute atomic E-state index is 0.234. The van der Waals surface area contributed by atoms with Crippen LogP contribution >= 0.6 is 0 Å². The van der Waals surface area contributed by atoms with Crippen LogP contribution in [0.4, 0.5) is 0 Å². The topological polar surface area (TPSA) is 47.0 Å². The molecule has 0 amide bonds. The van der Waals surface area contributed by atoms with Gasteiger partial charge in [-0.2, -0.15) is 0 Å². The van der Waals surface area contributed by atoms with Gasteiger partial charge in [0, 0.05) is 44.9 Å². The lowest BCUT2D eigenvalue weighted by Crippen LogP contribution is -2.27. The van der Waals surface area contributed by atoms with Gasteiger partial charge in [0.25, 0.3) is 0 Å². The van der Waals surface area contributed by atoms with E-state index in [4.69, 9.17) is 4.74 Å². The molecule has 1 aromatic heterocycles. The third kappa shape index (κ3) is 4.36. The van der Waals surface area contributed by atoms with Crippen LogP contribution in [0.25, 0.3) is 0 Å². The fourth-order valence-electron chi connectivity index (χ4n) is 1.36. The Hall–Kier alpha value is -1.00. The molecule has 0 aromatic carbocycles. The Morgan fingerprint density at radius 1 is 1.40 bits per heavy atom. The molecule has 0 saturated heterocycles. The van der Waals surface area contributed by atoms with Gasteiger partial charge < -0.3 is 10.1 Å². The van der Waals surface area contributed by atoms with Gasteiger partial charge in [-0.15, -0.1) is 0 Å². The van der Waals surface area contributed by atoms with Crippen molar-refractivity contribution >= 4 is 0 Å². The second-order valence-corrected chi connectivity index (χ2v) is 3.82. The molecule has 0 aliphatic heterocycles. The van der Waals surface area contributed by atoms with Crippen molar-refractivity contribution in [3.05, 3.63) is 24.3 Å². The van der Waals surface area contributed by atoms with E-state index in [0.29, 0.717) is 5.92 Å². The molecule has 0 fully saturated rings. The van der Waals surface area contributed by atoms with E-state index in [2.05, 4.69) is 29.1 Å².